The van der Waals surface area contributed by atoms with E-state index in [0.29, 0.717) is 18.3 Å². The molecule has 24 heavy (non-hydrogen) atoms. The number of nitrogens with zero attached hydrogens (tertiary/aromatic N) is 2. The van der Waals surface area contributed by atoms with Gasteiger partial charge in [-0.3, -0.25) is 9.78 Å². The molecule has 126 valence electrons. The van der Waals surface area contributed by atoms with Gasteiger partial charge in [-0.1, -0.05) is 37.3 Å². The molecule has 1 aliphatic rings. The Hall–Kier alpha value is -2.36. The molecule has 1 aromatic carbocycles. The standard InChI is InChI=1S/C20H25N3O/c1-2-17-10-6-7-13-23(17)18-11-12-21-19(14-18)20(24)22-15-16-8-4-3-5-9-16/h3-5,8-9,11-12,14,17H,2,6-7,10,13,15H2,1H3,(H,22,24). The number of rotatable bonds is 5. The highest BCUT2D eigenvalue weighted by atomic mass is 16.1. The van der Waals surface area contributed by atoms with Crippen molar-refractivity contribution in [2.45, 2.75) is 45.2 Å². The van der Waals surface area contributed by atoms with Crippen LogP contribution >= 0.6 is 0 Å². The summed E-state index contributed by atoms with van der Waals surface area (Å²) in [6.07, 6.45) is 6.62. The maximum atomic E-state index is 12.4. The topological polar surface area (TPSA) is 45.2 Å². The normalized spacial score (nSPS) is 17.5. The van der Waals surface area contributed by atoms with Gasteiger partial charge in [0, 0.05) is 31.0 Å². The number of hydrogen-bond donors (Lipinski definition) is 1. The van der Waals surface area contributed by atoms with E-state index in [-0.39, 0.29) is 5.91 Å². The molecular weight excluding hydrogens is 298 g/mol. The van der Waals surface area contributed by atoms with E-state index >= 15 is 0 Å². The number of carbonyl (C=O) groups excluding carboxylic acids is 1. The highest BCUT2D eigenvalue weighted by Crippen LogP contribution is 2.26. The number of amides is 1. The Labute approximate surface area is 143 Å². The van der Waals surface area contributed by atoms with Crippen LogP contribution in [-0.4, -0.2) is 23.5 Å². The highest BCUT2D eigenvalue weighted by molar-refractivity contribution is 5.93. The van der Waals surface area contributed by atoms with Crippen molar-refractivity contribution in [1.29, 1.82) is 0 Å². The Kier molecular flexibility index (Phi) is 5.47. The van der Waals surface area contributed by atoms with Crippen molar-refractivity contribution in [3.05, 3.63) is 59.9 Å². The smallest absolute Gasteiger partial charge is 0.270 e. The first kappa shape index (κ1) is 16.5. The minimum Gasteiger partial charge on any atom is -0.368 e. The average molecular weight is 323 g/mol. The average Bonchev–Trinajstić information content (AvgIpc) is 2.67. The second kappa shape index (κ2) is 7.95. The van der Waals surface area contributed by atoms with Crippen molar-refractivity contribution in [2.75, 3.05) is 11.4 Å². The summed E-state index contributed by atoms with van der Waals surface area (Å²) in [6, 6.07) is 14.4. The summed E-state index contributed by atoms with van der Waals surface area (Å²) in [5.41, 5.74) is 2.69. The molecule has 2 heterocycles. The molecule has 0 spiro atoms. The molecule has 2 aromatic rings. The van der Waals surface area contributed by atoms with Crippen molar-refractivity contribution < 1.29 is 4.79 Å². The Bertz CT molecular complexity index is 672. The van der Waals surface area contributed by atoms with E-state index in [1.165, 1.54) is 19.3 Å². The van der Waals surface area contributed by atoms with Gasteiger partial charge < -0.3 is 10.2 Å². The summed E-state index contributed by atoms with van der Waals surface area (Å²) in [6.45, 7) is 3.82. The van der Waals surface area contributed by atoms with E-state index in [1.54, 1.807) is 6.20 Å². The van der Waals surface area contributed by atoms with Crippen LogP contribution < -0.4 is 10.2 Å². The van der Waals surface area contributed by atoms with Gasteiger partial charge in [0.05, 0.1) is 0 Å². The Morgan fingerprint density at radius 1 is 1.25 bits per heavy atom. The van der Waals surface area contributed by atoms with E-state index < -0.39 is 0 Å². The van der Waals surface area contributed by atoms with Crippen LogP contribution in [0.4, 0.5) is 5.69 Å². The van der Waals surface area contributed by atoms with E-state index in [2.05, 4.69) is 22.1 Å². The summed E-state index contributed by atoms with van der Waals surface area (Å²) in [5, 5.41) is 2.95. The molecule has 1 fully saturated rings. The summed E-state index contributed by atoms with van der Waals surface area (Å²) < 4.78 is 0. The molecule has 1 N–H and O–H groups in total. The monoisotopic (exact) mass is 323 g/mol. The van der Waals surface area contributed by atoms with Crippen molar-refractivity contribution in [3.63, 3.8) is 0 Å². The van der Waals surface area contributed by atoms with Crippen molar-refractivity contribution in [3.8, 4) is 0 Å². The number of piperidine rings is 1. The molecule has 0 bridgehead atoms. The zero-order chi connectivity index (χ0) is 16.8. The lowest BCUT2D eigenvalue weighted by Crippen LogP contribution is -2.39. The van der Waals surface area contributed by atoms with Gasteiger partial charge in [-0.2, -0.15) is 0 Å². The molecule has 0 radical (unpaired) electrons. The number of carbonyl (C=O) groups is 1. The first-order valence-electron chi connectivity index (χ1n) is 8.82. The predicted molar refractivity (Wildman–Crippen MR) is 97.1 cm³/mol. The van der Waals surface area contributed by atoms with Crippen LogP contribution in [0.3, 0.4) is 0 Å². The van der Waals surface area contributed by atoms with Gasteiger partial charge in [0.25, 0.3) is 5.91 Å². The van der Waals surface area contributed by atoms with Gasteiger partial charge in [-0.25, -0.2) is 0 Å². The van der Waals surface area contributed by atoms with Gasteiger partial charge in [-0.05, 0) is 43.4 Å². The van der Waals surface area contributed by atoms with Crippen molar-refractivity contribution in [2.24, 2.45) is 0 Å². The maximum absolute atomic E-state index is 12.4. The number of anilines is 1. The number of hydrogen-bond acceptors (Lipinski definition) is 3. The summed E-state index contributed by atoms with van der Waals surface area (Å²) in [7, 11) is 0. The molecular formula is C20H25N3O. The largest absolute Gasteiger partial charge is 0.368 e. The third-order valence-electron chi connectivity index (χ3n) is 4.70. The Balaban J connectivity index is 1.69. The van der Waals surface area contributed by atoms with E-state index in [1.807, 2.05) is 42.5 Å². The maximum Gasteiger partial charge on any atom is 0.270 e. The van der Waals surface area contributed by atoms with Gasteiger partial charge in [0.15, 0.2) is 0 Å². The van der Waals surface area contributed by atoms with Crippen LogP contribution in [0.1, 0.15) is 48.7 Å². The fraction of sp³-hybridized carbons (Fsp3) is 0.400. The number of nitrogens with one attached hydrogen (secondary N) is 1. The number of benzene rings is 1. The molecule has 1 unspecified atom stereocenters. The van der Waals surface area contributed by atoms with Crippen LogP contribution in [0, 0.1) is 0 Å². The van der Waals surface area contributed by atoms with Crippen LogP contribution in [0.5, 0.6) is 0 Å². The van der Waals surface area contributed by atoms with Gasteiger partial charge in [-0.15, -0.1) is 0 Å². The summed E-state index contributed by atoms with van der Waals surface area (Å²) >= 11 is 0. The quantitative estimate of drug-likeness (QED) is 0.911. The lowest BCUT2D eigenvalue weighted by Gasteiger charge is -2.37. The van der Waals surface area contributed by atoms with Crippen molar-refractivity contribution >= 4 is 11.6 Å². The lowest BCUT2D eigenvalue weighted by molar-refractivity contribution is 0.0946. The summed E-state index contributed by atoms with van der Waals surface area (Å²) in [5.74, 6) is -0.120. The van der Waals surface area contributed by atoms with Gasteiger partial charge in [0.2, 0.25) is 0 Å². The molecule has 1 saturated heterocycles. The van der Waals surface area contributed by atoms with E-state index in [4.69, 9.17) is 0 Å². The molecule has 0 saturated carbocycles. The highest BCUT2D eigenvalue weighted by Gasteiger charge is 2.22. The first-order chi connectivity index (χ1) is 11.8. The minimum atomic E-state index is -0.120. The second-order valence-corrected chi connectivity index (χ2v) is 6.32. The van der Waals surface area contributed by atoms with E-state index in [0.717, 1.165) is 24.2 Å². The van der Waals surface area contributed by atoms with Crippen LogP contribution in [-0.2, 0) is 6.54 Å². The predicted octanol–water partition coefficient (Wildman–Crippen LogP) is 3.78. The SMILES string of the molecule is CCC1CCCCN1c1ccnc(C(=O)NCc2ccccc2)c1. The fourth-order valence-electron chi connectivity index (χ4n) is 3.36. The van der Waals surface area contributed by atoms with Crippen LogP contribution in [0.25, 0.3) is 0 Å². The fourth-order valence-corrected chi connectivity index (χ4v) is 3.36. The van der Waals surface area contributed by atoms with Crippen molar-refractivity contribution in [1.82, 2.24) is 10.3 Å². The molecule has 4 heteroatoms. The number of pyridine rings is 1. The Morgan fingerprint density at radius 2 is 2.08 bits per heavy atom. The minimum absolute atomic E-state index is 0.120. The number of aromatic nitrogens is 1. The van der Waals surface area contributed by atoms with Gasteiger partial charge >= 0.3 is 0 Å². The zero-order valence-corrected chi connectivity index (χ0v) is 14.2. The molecule has 3 rings (SSSR count). The van der Waals surface area contributed by atoms with Crippen LogP contribution in [0.15, 0.2) is 48.7 Å². The van der Waals surface area contributed by atoms with E-state index in [9.17, 15) is 4.79 Å². The molecule has 1 aliphatic heterocycles. The third-order valence-corrected chi connectivity index (χ3v) is 4.70. The molecule has 1 atom stereocenters. The lowest BCUT2D eigenvalue weighted by atomic mass is 9.99. The van der Waals surface area contributed by atoms with Gasteiger partial charge in [0.1, 0.15) is 5.69 Å². The molecule has 1 amide bonds. The zero-order valence-electron chi connectivity index (χ0n) is 14.2. The third kappa shape index (κ3) is 3.94. The Morgan fingerprint density at radius 3 is 2.88 bits per heavy atom. The second-order valence-electron chi connectivity index (χ2n) is 6.32. The first-order valence-corrected chi connectivity index (χ1v) is 8.82. The van der Waals surface area contributed by atoms with Crippen LogP contribution in [0.2, 0.25) is 0 Å². The summed E-state index contributed by atoms with van der Waals surface area (Å²) in [4.78, 5) is 19.1. The molecule has 4 nitrogen and oxygen atoms in total. The molecule has 1 aromatic heterocycles. The molecule has 0 aliphatic carbocycles.